The molecule has 17 heavy (non-hydrogen) atoms. The summed E-state index contributed by atoms with van der Waals surface area (Å²) in [6.07, 6.45) is 1.58. The smallest absolute Gasteiger partial charge is 0.307 e. The van der Waals surface area contributed by atoms with Gasteiger partial charge in [-0.1, -0.05) is 26.0 Å². The number of fused-ring (bicyclic) bond motifs is 1. The molecule has 0 amide bonds. The predicted octanol–water partition coefficient (Wildman–Crippen LogP) is 3.49. The first-order valence-corrected chi connectivity index (χ1v) is 5.72. The van der Waals surface area contributed by atoms with Crippen LogP contribution in [0, 0.1) is 6.92 Å². The van der Waals surface area contributed by atoms with Crippen LogP contribution in [0.15, 0.2) is 22.8 Å². The van der Waals surface area contributed by atoms with Crippen molar-refractivity contribution in [2.24, 2.45) is 0 Å². The summed E-state index contributed by atoms with van der Waals surface area (Å²) in [4.78, 5) is 10.8. The number of carboxylic acid groups (broad SMARTS) is 1. The van der Waals surface area contributed by atoms with Gasteiger partial charge in [-0.3, -0.25) is 4.79 Å². The zero-order valence-electron chi connectivity index (χ0n) is 10.3. The summed E-state index contributed by atoms with van der Waals surface area (Å²) >= 11 is 0. The van der Waals surface area contributed by atoms with Gasteiger partial charge in [0.2, 0.25) is 0 Å². The number of rotatable bonds is 3. The predicted molar refractivity (Wildman–Crippen MR) is 66.4 cm³/mol. The second-order valence-corrected chi connectivity index (χ2v) is 4.66. The molecular weight excluding hydrogens is 216 g/mol. The summed E-state index contributed by atoms with van der Waals surface area (Å²) in [7, 11) is 0. The Hall–Kier alpha value is -1.77. The largest absolute Gasteiger partial charge is 0.481 e. The topological polar surface area (TPSA) is 50.4 Å². The first-order valence-electron chi connectivity index (χ1n) is 5.72. The van der Waals surface area contributed by atoms with Crippen LogP contribution in [0.5, 0.6) is 0 Å². The summed E-state index contributed by atoms with van der Waals surface area (Å²) in [6.45, 7) is 6.17. The van der Waals surface area contributed by atoms with E-state index in [9.17, 15) is 4.79 Å². The molecule has 0 aliphatic heterocycles. The fraction of sp³-hybridized carbons (Fsp3) is 0.357. The Labute approximate surface area is 100 Å². The fourth-order valence-electron chi connectivity index (χ4n) is 2.15. The summed E-state index contributed by atoms with van der Waals surface area (Å²) in [5, 5.41) is 9.88. The van der Waals surface area contributed by atoms with Gasteiger partial charge in [0, 0.05) is 10.9 Å². The zero-order chi connectivity index (χ0) is 12.6. The minimum Gasteiger partial charge on any atom is -0.481 e. The van der Waals surface area contributed by atoms with E-state index in [0.29, 0.717) is 5.92 Å². The first kappa shape index (κ1) is 11.7. The Morgan fingerprint density at radius 3 is 2.71 bits per heavy atom. The molecule has 1 heterocycles. The lowest BCUT2D eigenvalue weighted by Gasteiger charge is -2.09. The van der Waals surface area contributed by atoms with Gasteiger partial charge < -0.3 is 9.52 Å². The van der Waals surface area contributed by atoms with E-state index in [2.05, 4.69) is 19.9 Å². The molecule has 2 rings (SSSR count). The molecule has 2 aromatic rings. The number of hydrogen-bond acceptors (Lipinski definition) is 2. The number of furan rings is 1. The van der Waals surface area contributed by atoms with Gasteiger partial charge in [-0.05, 0) is 24.0 Å². The van der Waals surface area contributed by atoms with E-state index in [-0.39, 0.29) is 6.42 Å². The molecule has 0 aliphatic carbocycles. The molecule has 1 aromatic heterocycles. The van der Waals surface area contributed by atoms with Crippen LogP contribution >= 0.6 is 0 Å². The highest BCUT2D eigenvalue weighted by Crippen LogP contribution is 2.32. The van der Waals surface area contributed by atoms with Gasteiger partial charge in [-0.25, -0.2) is 0 Å². The van der Waals surface area contributed by atoms with Crippen LogP contribution in [0.3, 0.4) is 0 Å². The molecule has 0 radical (unpaired) electrons. The highest BCUT2D eigenvalue weighted by Gasteiger charge is 2.16. The SMILES string of the molecule is Cc1ccc(C(C)C)c2c(CC(=O)O)coc12. The average Bonchev–Trinajstić information content (AvgIpc) is 2.62. The highest BCUT2D eigenvalue weighted by atomic mass is 16.4. The molecule has 0 saturated heterocycles. The summed E-state index contributed by atoms with van der Waals surface area (Å²) < 4.78 is 5.51. The highest BCUT2D eigenvalue weighted by molar-refractivity contribution is 5.90. The lowest BCUT2D eigenvalue weighted by Crippen LogP contribution is -2.00. The molecule has 1 N–H and O–H groups in total. The summed E-state index contributed by atoms with van der Waals surface area (Å²) in [6, 6.07) is 4.08. The van der Waals surface area contributed by atoms with Crippen molar-refractivity contribution in [1.29, 1.82) is 0 Å². The van der Waals surface area contributed by atoms with Crippen molar-refractivity contribution in [3.63, 3.8) is 0 Å². The second-order valence-electron chi connectivity index (χ2n) is 4.66. The molecule has 0 saturated carbocycles. The Morgan fingerprint density at radius 2 is 2.12 bits per heavy atom. The van der Waals surface area contributed by atoms with E-state index >= 15 is 0 Å². The lowest BCUT2D eigenvalue weighted by atomic mass is 9.94. The summed E-state index contributed by atoms with van der Waals surface area (Å²) in [5.74, 6) is -0.479. The van der Waals surface area contributed by atoms with Crippen molar-refractivity contribution in [3.8, 4) is 0 Å². The van der Waals surface area contributed by atoms with E-state index in [4.69, 9.17) is 9.52 Å². The molecule has 90 valence electrons. The van der Waals surface area contributed by atoms with Gasteiger partial charge in [-0.15, -0.1) is 0 Å². The van der Waals surface area contributed by atoms with E-state index in [1.165, 1.54) is 0 Å². The maximum Gasteiger partial charge on any atom is 0.307 e. The molecule has 0 fully saturated rings. The van der Waals surface area contributed by atoms with Gasteiger partial charge in [0.25, 0.3) is 0 Å². The number of hydrogen-bond donors (Lipinski definition) is 1. The van der Waals surface area contributed by atoms with Crippen molar-refractivity contribution in [3.05, 3.63) is 35.1 Å². The Morgan fingerprint density at radius 1 is 1.41 bits per heavy atom. The summed E-state index contributed by atoms with van der Waals surface area (Å²) in [5.41, 5.74) is 3.77. The fourth-order valence-corrected chi connectivity index (χ4v) is 2.15. The number of carbonyl (C=O) groups is 1. The van der Waals surface area contributed by atoms with Crippen LogP contribution in [0.4, 0.5) is 0 Å². The maximum absolute atomic E-state index is 10.8. The van der Waals surface area contributed by atoms with Crippen LogP contribution in [-0.2, 0) is 11.2 Å². The van der Waals surface area contributed by atoms with E-state index in [1.54, 1.807) is 6.26 Å². The van der Waals surface area contributed by atoms with Crippen LogP contribution in [-0.4, -0.2) is 11.1 Å². The molecule has 0 bridgehead atoms. The van der Waals surface area contributed by atoms with Gasteiger partial charge in [0.1, 0.15) is 5.58 Å². The van der Waals surface area contributed by atoms with Crippen molar-refractivity contribution in [2.75, 3.05) is 0 Å². The number of aryl methyl sites for hydroxylation is 1. The zero-order valence-corrected chi connectivity index (χ0v) is 10.3. The van der Waals surface area contributed by atoms with Crippen molar-refractivity contribution in [2.45, 2.75) is 33.1 Å². The Bertz CT molecular complexity index is 564. The van der Waals surface area contributed by atoms with Gasteiger partial charge >= 0.3 is 5.97 Å². The number of aliphatic carboxylic acids is 1. The monoisotopic (exact) mass is 232 g/mol. The molecular formula is C14H16O3. The van der Waals surface area contributed by atoms with E-state index in [0.717, 1.165) is 27.7 Å². The van der Waals surface area contributed by atoms with Crippen LogP contribution in [0.2, 0.25) is 0 Å². The van der Waals surface area contributed by atoms with Crippen LogP contribution in [0.1, 0.15) is 36.5 Å². The van der Waals surface area contributed by atoms with Gasteiger partial charge in [0.05, 0.1) is 12.7 Å². The van der Waals surface area contributed by atoms with E-state index in [1.807, 2.05) is 13.0 Å². The second kappa shape index (κ2) is 4.24. The molecule has 3 nitrogen and oxygen atoms in total. The van der Waals surface area contributed by atoms with Gasteiger partial charge in [0.15, 0.2) is 0 Å². The number of benzene rings is 1. The maximum atomic E-state index is 10.8. The van der Waals surface area contributed by atoms with Crippen molar-refractivity contribution < 1.29 is 14.3 Å². The standard InChI is InChI=1S/C14H16O3/c1-8(2)11-5-4-9(3)14-13(11)10(7-17-14)6-12(15)16/h4-5,7-8H,6H2,1-3H3,(H,15,16). The minimum atomic E-state index is -0.830. The Kier molecular flexibility index (Phi) is 2.92. The van der Waals surface area contributed by atoms with Crippen molar-refractivity contribution in [1.82, 2.24) is 0 Å². The van der Waals surface area contributed by atoms with Crippen molar-refractivity contribution >= 4 is 16.9 Å². The third kappa shape index (κ3) is 2.05. The third-order valence-electron chi connectivity index (χ3n) is 2.99. The van der Waals surface area contributed by atoms with Crippen LogP contribution in [0.25, 0.3) is 11.0 Å². The molecule has 3 heteroatoms. The molecule has 0 spiro atoms. The Balaban J connectivity index is 2.70. The third-order valence-corrected chi connectivity index (χ3v) is 2.99. The molecule has 0 atom stereocenters. The molecule has 1 aromatic carbocycles. The quantitative estimate of drug-likeness (QED) is 0.881. The molecule has 0 unspecified atom stereocenters. The number of carboxylic acids is 1. The van der Waals surface area contributed by atoms with Gasteiger partial charge in [-0.2, -0.15) is 0 Å². The van der Waals surface area contributed by atoms with E-state index < -0.39 is 5.97 Å². The normalized spacial score (nSPS) is 11.3. The first-order chi connectivity index (χ1) is 8.00. The lowest BCUT2D eigenvalue weighted by molar-refractivity contribution is -0.136. The minimum absolute atomic E-state index is 0.0101. The van der Waals surface area contributed by atoms with Crippen LogP contribution < -0.4 is 0 Å². The average molecular weight is 232 g/mol. The molecule has 0 aliphatic rings.